The summed E-state index contributed by atoms with van der Waals surface area (Å²) in [7, 11) is 4.06. The number of hydrogen-bond donors (Lipinski definition) is 1. The molecule has 1 heterocycles. The average Bonchev–Trinajstić information content (AvgIpc) is 2.47. The summed E-state index contributed by atoms with van der Waals surface area (Å²) in [5.41, 5.74) is 2.52. The number of pyridine rings is 1. The molecule has 0 aliphatic carbocycles. The highest BCUT2D eigenvalue weighted by Gasteiger charge is 2.13. The molecule has 1 aromatic heterocycles. The van der Waals surface area contributed by atoms with E-state index in [1.807, 2.05) is 25.4 Å². The third kappa shape index (κ3) is 3.32. The van der Waals surface area contributed by atoms with Crippen LogP contribution in [0.4, 0.5) is 5.82 Å². The summed E-state index contributed by atoms with van der Waals surface area (Å²) in [6, 6.07) is 14.9. The van der Waals surface area contributed by atoms with Crippen molar-refractivity contribution in [3.05, 3.63) is 59.8 Å². The van der Waals surface area contributed by atoms with Crippen LogP contribution in [0, 0.1) is 0 Å². The Kier molecular flexibility index (Phi) is 4.53. The van der Waals surface area contributed by atoms with Crippen LogP contribution >= 0.6 is 0 Å². The molecule has 1 atom stereocenters. The minimum Gasteiger partial charge on any atom is -0.355 e. The minimum absolute atomic E-state index is 0.293. The van der Waals surface area contributed by atoms with Gasteiger partial charge in [-0.1, -0.05) is 36.4 Å². The molecule has 19 heavy (non-hydrogen) atoms. The first-order valence-corrected chi connectivity index (χ1v) is 6.59. The summed E-state index contributed by atoms with van der Waals surface area (Å²) < 4.78 is 0. The fraction of sp³-hybridized carbons (Fsp3) is 0.312. The Morgan fingerprint density at radius 2 is 1.89 bits per heavy atom. The lowest BCUT2D eigenvalue weighted by Gasteiger charge is -2.23. The maximum Gasteiger partial charge on any atom is 0.133 e. The molecule has 0 aliphatic rings. The number of rotatable bonds is 5. The van der Waals surface area contributed by atoms with Crippen molar-refractivity contribution in [2.24, 2.45) is 0 Å². The van der Waals surface area contributed by atoms with Crippen molar-refractivity contribution in [2.75, 3.05) is 19.0 Å². The summed E-state index contributed by atoms with van der Waals surface area (Å²) >= 11 is 0. The molecule has 1 aromatic carbocycles. The fourth-order valence-electron chi connectivity index (χ4n) is 2.15. The highest BCUT2D eigenvalue weighted by atomic mass is 15.2. The zero-order valence-electron chi connectivity index (χ0n) is 11.8. The third-order valence-electron chi connectivity index (χ3n) is 3.34. The molecule has 0 aliphatic heterocycles. The molecular formula is C16H21N3. The molecular weight excluding hydrogens is 234 g/mol. The van der Waals surface area contributed by atoms with E-state index in [9.17, 15) is 0 Å². The van der Waals surface area contributed by atoms with Crippen LogP contribution in [-0.4, -0.2) is 19.1 Å². The molecule has 0 spiro atoms. The van der Waals surface area contributed by atoms with Gasteiger partial charge in [0.1, 0.15) is 5.82 Å². The number of nitrogens with one attached hydrogen (secondary N) is 1. The largest absolute Gasteiger partial charge is 0.355 e. The van der Waals surface area contributed by atoms with Gasteiger partial charge in [0, 0.05) is 31.4 Å². The quantitative estimate of drug-likeness (QED) is 0.890. The molecule has 1 unspecified atom stereocenters. The predicted molar refractivity (Wildman–Crippen MR) is 80.3 cm³/mol. The molecule has 3 heteroatoms. The van der Waals surface area contributed by atoms with E-state index in [-0.39, 0.29) is 0 Å². The maximum absolute atomic E-state index is 4.53. The topological polar surface area (TPSA) is 28.2 Å². The van der Waals surface area contributed by atoms with E-state index in [1.54, 1.807) is 0 Å². The summed E-state index contributed by atoms with van der Waals surface area (Å²) in [6.45, 7) is 3.01. The molecule has 0 radical (unpaired) electrons. The average molecular weight is 255 g/mol. The highest BCUT2D eigenvalue weighted by Crippen LogP contribution is 2.23. The first kappa shape index (κ1) is 13.6. The van der Waals surface area contributed by atoms with Crippen molar-refractivity contribution in [1.82, 2.24) is 10.3 Å². The van der Waals surface area contributed by atoms with E-state index < -0.39 is 0 Å². The maximum atomic E-state index is 4.53. The Labute approximate surface area is 115 Å². The Hall–Kier alpha value is -1.87. The van der Waals surface area contributed by atoms with Gasteiger partial charge in [0.15, 0.2) is 0 Å². The van der Waals surface area contributed by atoms with Gasteiger partial charge in [-0.25, -0.2) is 4.98 Å². The van der Waals surface area contributed by atoms with E-state index in [1.165, 1.54) is 11.1 Å². The van der Waals surface area contributed by atoms with Gasteiger partial charge in [-0.15, -0.1) is 0 Å². The summed E-state index contributed by atoms with van der Waals surface area (Å²) in [6.07, 6.45) is 1.85. The van der Waals surface area contributed by atoms with Gasteiger partial charge in [-0.2, -0.15) is 0 Å². The van der Waals surface area contributed by atoms with Crippen molar-refractivity contribution in [1.29, 1.82) is 0 Å². The standard InChI is InChI=1S/C16H21N3/c1-13(17-2)15-10-7-11-18-16(15)19(3)12-14-8-5-4-6-9-14/h4-11,13,17H,12H2,1-3H3. The second-order valence-corrected chi connectivity index (χ2v) is 4.77. The number of benzene rings is 1. The molecule has 2 rings (SSSR count). The zero-order valence-corrected chi connectivity index (χ0v) is 11.8. The second kappa shape index (κ2) is 6.34. The molecule has 0 saturated carbocycles. The lowest BCUT2D eigenvalue weighted by molar-refractivity contribution is 0.646. The van der Waals surface area contributed by atoms with Crippen LogP contribution < -0.4 is 10.2 Å². The van der Waals surface area contributed by atoms with Crippen LogP contribution in [0.25, 0.3) is 0 Å². The smallest absolute Gasteiger partial charge is 0.133 e. The normalized spacial score (nSPS) is 12.2. The summed E-state index contributed by atoms with van der Waals surface area (Å²) in [5.74, 6) is 1.04. The van der Waals surface area contributed by atoms with Crippen molar-refractivity contribution in [3.8, 4) is 0 Å². The van der Waals surface area contributed by atoms with E-state index in [4.69, 9.17) is 0 Å². The monoisotopic (exact) mass is 255 g/mol. The van der Waals surface area contributed by atoms with Gasteiger partial charge < -0.3 is 10.2 Å². The first-order valence-electron chi connectivity index (χ1n) is 6.59. The van der Waals surface area contributed by atoms with Crippen molar-refractivity contribution >= 4 is 5.82 Å². The van der Waals surface area contributed by atoms with Crippen LogP contribution in [0.2, 0.25) is 0 Å². The van der Waals surface area contributed by atoms with Gasteiger partial charge in [-0.3, -0.25) is 0 Å². The van der Waals surface area contributed by atoms with Crippen LogP contribution in [0.15, 0.2) is 48.7 Å². The van der Waals surface area contributed by atoms with E-state index in [0.717, 1.165) is 12.4 Å². The van der Waals surface area contributed by atoms with Crippen LogP contribution in [-0.2, 0) is 6.54 Å². The SMILES string of the molecule is CNC(C)c1cccnc1N(C)Cc1ccccc1. The molecule has 0 bridgehead atoms. The Bertz CT molecular complexity index is 510. The molecule has 0 amide bonds. The van der Waals surface area contributed by atoms with E-state index >= 15 is 0 Å². The van der Waals surface area contributed by atoms with E-state index in [0.29, 0.717) is 6.04 Å². The van der Waals surface area contributed by atoms with Crippen molar-refractivity contribution in [3.63, 3.8) is 0 Å². The van der Waals surface area contributed by atoms with Gasteiger partial charge >= 0.3 is 0 Å². The van der Waals surface area contributed by atoms with E-state index in [2.05, 4.69) is 59.5 Å². The first-order chi connectivity index (χ1) is 9.22. The number of anilines is 1. The van der Waals surface area contributed by atoms with Crippen LogP contribution in [0.3, 0.4) is 0 Å². The van der Waals surface area contributed by atoms with Gasteiger partial charge in [0.2, 0.25) is 0 Å². The molecule has 2 aromatic rings. The molecule has 3 nitrogen and oxygen atoms in total. The van der Waals surface area contributed by atoms with Gasteiger partial charge in [-0.05, 0) is 25.6 Å². The summed E-state index contributed by atoms with van der Waals surface area (Å²) in [5, 5.41) is 3.27. The molecule has 1 N–H and O–H groups in total. The summed E-state index contributed by atoms with van der Waals surface area (Å²) in [4.78, 5) is 6.72. The van der Waals surface area contributed by atoms with Gasteiger partial charge in [0.05, 0.1) is 0 Å². The fourth-order valence-corrected chi connectivity index (χ4v) is 2.15. The lowest BCUT2D eigenvalue weighted by Crippen LogP contribution is -2.22. The van der Waals surface area contributed by atoms with Crippen LogP contribution in [0.5, 0.6) is 0 Å². The number of nitrogens with zero attached hydrogens (tertiary/aromatic N) is 2. The molecule has 0 fully saturated rings. The third-order valence-corrected chi connectivity index (χ3v) is 3.34. The highest BCUT2D eigenvalue weighted by molar-refractivity contribution is 5.48. The molecule has 100 valence electrons. The van der Waals surface area contributed by atoms with Crippen molar-refractivity contribution in [2.45, 2.75) is 19.5 Å². The van der Waals surface area contributed by atoms with Crippen LogP contribution in [0.1, 0.15) is 24.1 Å². The number of hydrogen-bond acceptors (Lipinski definition) is 3. The Morgan fingerprint density at radius 1 is 1.16 bits per heavy atom. The Balaban J connectivity index is 2.21. The van der Waals surface area contributed by atoms with Gasteiger partial charge in [0.25, 0.3) is 0 Å². The molecule has 0 saturated heterocycles. The minimum atomic E-state index is 0.293. The van der Waals surface area contributed by atoms with Crippen molar-refractivity contribution < 1.29 is 0 Å². The number of aromatic nitrogens is 1. The predicted octanol–water partition coefficient (Wildman–Crippen LogP) is 3.00. The lowest BCUT2D eigenvalue weighted by atomic mass is 10.1. The zero-order chi connectivity index (χ0) is 13.7. The Morgan fingerprint density at radius 3 is 2.58 bits per heavy atom. The second-order valence-electron chi connectivity index (χ2n) is 4.77.